The van der Waals surface area contributed by atoms with Crippen molar-refractivity contribution in [3.63, 3.8) is 0 Å². The van der Waals surface area contributed by atoms with Crippen molar-refractivity contribution in [1.82, 2.24) is 19.9 Å². The molecule has 0 aliphatic carbocycles. The summed E-state index contributed by atoms with van der Waals surface area (Å²) in [6.07, 6.45) is 4.26. The van der Waals surface area contributed by atoms with Crippen LogP contribution >= 0.6 is 22.9 Å². The van der Waals surface area contributed by atoms with Crippen LogP contribution in [0.5, 0.6) is 0 Å². The van der Waals surface area contributed by atoms with Crippen LogP contribution in [0.2, 0.25) is 5.02 Å². The number of hydrogen-bond donors (Lipinski definition) is 2. The third kappa shape index (κ3) is 3.61. The molecule has 3 aromatic rings. The van der Waals surface area contributed by atoms with Crippen molar-refractivity contribution in [3.8, 4) is 11.8 Å². The van der Waals surface area contributed by atoms with Gasteiger partial charge < -0.3 is 20.6 Å². The molecule has 1 aromatic carbocycles. The number of anilines is 3. The van der Waals surface area contributed by atoms with Gasteiger partial charge in [0.1, 0.15) is 10.0 Å². The van der Waals surface area contributed by atoms with Gasteiger partial charge in [-0.15, -0.1) is 11.3 Å². The van der Waals surface area contributed by atoms with Gasteiger partial charge in [-0.25, -0.2) is 9.97 Å². The summed E-state index contributed by atoms with van der Waals surface area (Å²) in [5, 5.41) is 13.6. The highest BCUT2D eigenvalue weighted by molar-refractivity contribution is 7.09. The summed E-state index contributed by atoms with van der Waals surface area (Å²) in [4.78, 5) is 17.1. The van der Waals surface area contributed by atoms with Crippen molar-refractivity contribution in [2.45, 2.75) is 24.4 Å². The first kappa shape index (κ1) is 21.2. The highest BCUT2D eigenvalue weighted by Gasteiger charge is 2.47. The number of thiazole rings is 1. The van der Waals surface area contributed by atoms with E-state index in [4.69, 9.17) is 17.3 Å². The zero-order valence-corrected chi connectivity index (χ0v) is 19.4. The number of nitrogen functional groups attached to an aromatic ring is 1. The fraction of sp³-hybridized carbons (Fsp3) is 0.348. The van der Waals surface area contributed by atoms with E-state index in [-0.39, 0.29) is 11.4 Å². The molecule has 32 heavy (non-hydrogen) atoms. The van der Waals surface area contributed by atoms with Gasteiger partial charge in [0.25, 0.3) is 0 Å². The zero-order chi connectivity index (χ0) is 22.5. The lowest BCUT2D eigenvalue weighted by Gasteiger charge is -2.25. The number of fused-ring (bicyclic) bond motifs is 2. The molecular weight excluding hydrogens is 444 g/mol. The number of aromatic nitrogens is 3. The van der Waals surface area contributed by atoms with Gasteiger partial charge in [0, 0.05) is 41.3 Å². The van der Waals surface area contributed by atoms with Crippen molar-refractivity contribution in [3.05, 3.63) is 57.1 Å². The number of rotatable bonds is 2. The Morgan fingerprint density at radius 3 is 2.88 bits per heavy atom. The van der Waals surface area contributed by atoms with Crippen LogP contribution < -0.4 is 10.6 Å². The minimum absolute atomic E-state index is 0.00847. The Balaban J connectivity index is 1.58. The molecule has 0 bridgehead atoms. The van der Waals surface area contributed by atoms with Crippen molar-refractivity contribution in [2.24, 2.45) is 0 Å². The summed E-state index contributed by atoms with van der Waals surface area (Å²) in [7, 11) is 2.15. The Labute approximate surface area is 195 Å². The van der Waals surface area contributed by atoms with Gasteiger partial charge in [-0.05, 0) is 44.6 Å². The number of benzene rings is 1. The molecule has 1 spiro atoms. The number of likely N-dealkylation sites (N-methyl/N-ethyl adjacent to an activating group) is 1. The Hall–Kier alpha value is -2.70. The molecule has 0 radical (unpaired) electrons. The van der Waals surface area contributed by atoms with Crippen LogP contribution in [0, 0.1) is 11.8 Å². The summed E-state index contributed by atoms with van der Waals surface area (Å²) in [6.45, 7) is 4.41. The van der Waals surface area contributed by atoms with Gasteiger partial charge in [-0.1, -0.05) is 29.5 Å². The van der Waals surface area contributed by atoms with Crippen LogP contribution in [0.15, 0.2) is 36.0 Å². The second kappa shape index (κ2) is 7.71. The maximum absolute atomic E-state index is 10.7. The fourth-order valence-electron chi connectivity index (χ4n) is 4.64. The molecule has 7 nitrogen and oxygen atoms in total. The summed E-state index contributed by atoms with van der Waals surface area (Å²) in [6, 6.07) is 6.21. The lowest BCUT2D eigenvalue weighted by Crippen LogP contribution is -2.34. The van der Waals surface area contributed by atoms with Gasteiger partial charge in [0.15, 0.2) is 11.4 Å². The first-order valence-electron chi connectivity index (χ1n) is 10.3. The minimum atomic E-state index is -1.31. The topological polar surface area (TPSA) is 91.4 Å². The van der Waals surface area contributed by atoms with Crippen molar-refractivity contribution in [1.29, 1.82) is 0 Å². The summed E-state index contributed by atoms with van der Waals surface area (Å²) >= 11 is 7.87. The zero-order valence-electron chi connectivity index (χ0n) is 17.8. The van der Waals surface area contributed by atoms with Gasteiger partial charge in [-0.3, -0.25) is 0 Å². The molecule has 2 aliphatic heterocycles. The smallest absolute Gasteiger partial charge is 0.222 e. The predicted molar refractivity (Wildman–Crippen MR) is 127 cm³/mol. The van der Waals surface area contributed by atoms with Gasteiger partial charge in [0.05, 0.1) is 6.20 Å². The van der Waals surface area contributed by atoms with E-state index < -0.39 is 5.60 Å². The van der Waals surface area contributed by atoms with E-state index in [9.17, 15) is 5.11 Å². The Morgan fingerprint density at radius 2 is 2.16 bits per heavy atom. The highest BCUT2D eigenvalue weighted by Crippen LogP contribution is 2.49. The average Bonchev–Trinajstić information content (AvgIpc) is 3.49. The summed E-state index contributed by atoms with van der Waals surface area (Å²) in [5.74, 6) is 6.88. The minimum Gasteiger partial charge on any atom is -0.371 e. The first-order chi connectivity index (χ1) is 15.3. The standard InChI is InChI=1S/C23H23ClN6OS/c1-22(31,20-26-8-10-32-20)6-5-15-3-4-16-18(11-15)30(14-23(16)7-9-29(2)13-23)19-17(24)12-27-21(25)28-19/h3-4,8,10-12,31H,7,9,13-14H2,1-2H3,(H2,25,27,28)/t22-,23-/m1/s1. The fourth-order valence-corrected chi connectivity index (χ4v) is 5.49. The van der Waals surface area contributed by atoms with Crippen LogP contribution in [0.4, 0.5) is 17.5 Å². The summed E-state index contributed by atoms with van der Waals surface area (Å²) < 4.78 is 0. The molecule has 9 heteroatoms. The van der Waals surface area contributed by atoms with E-state index >= 15 is 0 Å². The maximum Gasteiger partial charge on any atom is 0.222 e. The SMILES string of the molecule is CN1CC[C@@]2(C1)CN(c1nc(N)ncc1Cl)c1cc(C#C[C@@](C)(O)c3nccs3)ccc12. The molecule has 3 N–H and O–H groups in total. The molecule has 0 amide bonds. The molecule has 2 aliphatic rings. The third-order valence-corrected chi connectivity index (χ3v) is 7.41. The third-order valence-electron chi connectivity index (χ3n) is 6.16. The van der Waals surface area contributed by atoms with Crippen molar-refractivity contribution < 1.29 is 5.11 Å². The molecular formula is C23H23ClN6OS. The first-order valence-corrected chi connectivity index (χ1v) is 11.6. The lowest BCUT2D eigenvalue weighted by molar-refractivity contribution is 0.122. The monoisotopic (exact) mass is 466 g/mol. The van der Waals surface area contributed by atoms with Crippen LogP contribution in [0.3, 0.4) is 0 Å². The molecule has 0 unspecified atom stereocenters. The molecule has 0 saturated carbocycles. The second-order valence-electron chi connectivity index (χ2n) is 8.65. The van der Waals surface area contributed by atoms with Crippen molar-refractivity contribution >= 4 is 40.4 Å². The van der Waals surface area contributed by atoms with Gasteiger partial charge in [0.2, 0.25) is 5.95 Å². The number of aliphatic hydroxyl groups is 1. The van der Waals surface area contributed by atoms with E-state index in [2.05, 4.69) is 49.7 Å². The summed E-state index contributed by atoms with van der Waals surface area (Å²) in [5.41, 5.74) is 7.63. The van der Waals surface area contributed by atoms with Crippen LogP contribution in [0.1, 0.15) is 29.5 Å². The molecule has 1 saturated heterocycles. The molecule has 164 valence electrons. The second-order valence-corrected chi connectivity index (χ2v) is 9.95. The maximum atomic E-state index is 10.7. The number of halogens is 1. The Kier molecular flexibility index (Phi) is 5.10. The van der Waals surface area contributed by atoms with Gasteiger partial charge in [-0.2, -0.15) is 4.98 Å². The highest BCUT2D eigenvalue weighted by atomic mass is 35.5. The van der Waals surface area contributed by atoms with Crippen molar-refractivity contribution in [2.75, 3.05) is 37.3 Å². The normalized spacial score (nSPS) is 21.9. The Bertz CT molecular complexity index is 1240. The lowest BCUT2D eigenvalue weighted by atomic mass is 9.81. The van der Waals surface area contributed by atoms with E-state index in [0.717, 1.165) is 37.3 Å². The number of nitrogens with two attached hydrogens (primary N) is 1. The molecule has 2 atom stereocenters. The van der Waals surface area contributed by atoms with E-state index in [0.29, 0.717) is 15.8 Å². The van der Waals surface area contributed by atoms with E-state index in [1.165, 1.54) is 16.9 Å². The molecule has 4 heterocycles. The number of likely N-dealkylation sites (tertiary alicyclic amines) is 1. The van der Waals surface area contributed by atoms with Gasteiger partial charge >= 0.3 is 0 Å². The molecule has 1 fully saturated rings. The quantitative estimate of drug-likeness (QED) is 0.560. The van der Waals surface area contributed by atoms with E-state index in [1.807, 2.05) is 17.5 Å². The Morgan fingerprint density at radius 1 is 1.31 bits per heavy atom. The average molecular weight is 467 g/mol. The molecule has 2 aromatic heterocycles. The molecule has 5 rings (SSSR count). The predicted octanol–water partition coefficient (Wildman–Crippen LogP) is 3.15. The largest absolute Gasteiger partial charge is 0.371 e. The van der Waals surface area contributed by atoms with E-state index in [1.54, 1.807) is 19.3 Å². The number of nitrogens with zero attached hydrogens (tertiary/aromatic N) is 5. The van der Waals surface area contributed by atoms with Crippen LogP contribution in [-0.2, 0) is 11.0 Å². The number of hydrogen-bond acceptors (Lipinski definition) is 8. The van der Waals surface area contributed by atoms with Crippen LogP contribution in [0.25, 0.3) is 0 Å². The van der Waals surface area contributed by atoms with Crippen LogP contribution in [-0.4, -0.2) is 51.6 Å².